The second kappa shape index (κ2) is 4.60. The average molecular weight is 225 g/mol. The molecule has 0 unspecified atom stereocenters. The van der Waals surface area contributed by atoms with E-state index < -0.39 is 0 Å². The first-order valence-corrected chi connectivity index (χ1v) is 6.39. The molecule has 4 heteroatoms. The lowest BCUT2D eigenvalue weighted by molar-refractivity contribution is 0.326. The topological polar surface area (TPSA) is 42.2 Å². The molecule has 0 amide bonds. The van der Waals surface area contributed by atoms with Crippen LogP contribution >= 0.6 is 11.3 Å². The number of likely N-dealkylation sites (tertiary alicyclic amines) is 1. The molecule has 3 nitrogen and oxygen atoms in total. The van der Waals surface area contributed by atoms with Crippen LogP contribution in [-0.2, 0) is 6.54 Å². The fourth-order valence-corrected chi connectivity index (χ4v) is 2.83. The molecule has 2 heterocycles. The SMILES string of the molecule is CC(C)c1cnc(CN2CC[C@@H](N)C2)s1. The van der Waals surface area contributed by atoms with E-state index in [-0.39, 0.29) is 0 Å². The molecule has 2 N–H and O–H groups in total. The van der Waals surface area contributed by atoms with Crippen molar-refractivity contribution in [2.45, 2.75) is 38.8 Å². The van der Waals surface area contributed by atoms with E-state index in [1.165, 1.54) is 9.88 Å². The van der Waals surface area contributed by atoms with Crippen LogP contribution in [-0.4, -0.2) is 29.0 Å². The van der Waals surface area contributed by atoms with Gasteiger partial charge < -0.3 is 5.73 Å². The Kier molecular flexibility index (Phi) is 3.38. The summed E-state index contributed by atoms with van der Waals surface area (Å²) in [5, 5.41) is 1.23. The van der Waals surface area contributed by atoms with Crippen LogP contribution in [0.1, 0.15) is 36.1 Å². The minimum absolute atomic E-state index is 0.370. The van der Waals surface area contributed by atoms with Gasteiger partial charge in [0.15, 0.2) is 0 Å². The Hall–Kier alpha value is -0.450. The lowest BCUT2D eigenvalue weighted by Gasteiger charge is -2.12. The van der Waals surface area contributed by atoms with Gasteiger partial charge in [0, 0.05) is 30.2 Å². The molecule has 0 aromatic carbocycles. The molecular formula is C11H19N3S. The average Bonchev–Trinajstić information content (AvgIpc) is 2.76. The summed E-state index contributed by atoms with van der Waals surface area (Å²) in [6, 6.07) is 0.370. The summed E-state index contributed by atoms with van der Waals surface area (Å²) >= 11 is 1.84. The quantitative estimate of drug-likeness (QED) is 0.853. The van der Waals surface area contributed by atoms with Crippen molar-refractivity contribution < 1.29 is 0 Å². The molecular weight excluding hydrogens is 206 g/mol. The molecule has 15 heavy (non-hydrogen) atoms. The number of hydrogen-bond acceptors (Lipinski definition) is 4. The minimum Gasteiger partial charge on any atom is -0.326 e. The number of hydrogen-bond donors (Lipinski definition) is 1. The maximum atomic E-state index is 5.87. The summed E-state index contributed by atoms with van der Waals surface area (Å²) in [5.74, 6) is 0.595. The van der Waals surface area contributed by atoms with Gasteiger partial charge in [0.25, 0.3) is 0 Å². The van der Waals surface area contributed by atoms with E-state index in [1.807, 2.05) is 17.5 Å². The highest BCUT2D eigenvalue weighted by molar-refractivity contribution is 7.11. The van der Waals surface area contributed by atoms with Crippen LogP contribution in [0.25, 0.3) is 0 Å². The third-order valence-corrected chi connectivity index (χ3v) is 4.09. The number of rotatable bonds is 3. The van der Waals surface area contributed by atoms with Gasteiger partial charge >= 0.3 is 0 Å². The summed E-state index contributed by atoms with van der Waals surface area (Å²) in [7, 11) is 0. The molecule has 1 aliphatic heterocycles. The van der Waals surface area contributed by atoms with Gasteiger partial charge in [-0.1, -0.05) is 13.8 Å². The standard InChI is InChI=1S/C11H19N3S/c1-8(2)10-5-13-11(15-10)7-14-4-3-9(12)6-14/h5,8-9H,3-4,6-7,12H2,1-2H3/t9-/m1/s1. The van der Waals surface area contributed by atoms with Crippen molar-refractivity contribution >= 4 is 11.3 Å². The molecule has 1 aromatic rings. The molecule has 84 valence electrons. The van der Waals surface area contributed by atoms with Crippen molar-refractivity contribution in [3.63, 3.8) is 0 Å². The van der Waals surface area contributed by atoms with E-state index in [2.05, 4.69) is 23.7 Å². The second-order valence-electron chi connectivity index (χ2n) is 4.59. The van der Waals surface area contributed by atoms with E-state index in [4.69, 9.17) is 5.73 Å². The molecule has 1 fully saturated rings. The molecule has 1 aliphatic rings. The van der Waals surface area contributed by atoms with Crippen LogP contribution in [0, 0.1) is 0 Å². The van der Waals surface area contributed by atoms with E-state index in [0.717, 1.165) is 26.1 Å². The molecule has 0 saturated carbocycles. The summed E-state index contributed by atoms with van der Waals surface area (Å²) in [5.41, 5.74) is 5.87. The Morgan fingerprint density at radius 1 is 1.67 bits per heavy atom. The number of nitrogens with zero attached hydrogens (tertiary/aromatic N) is 2. The summed E-state index contributed by atoms with van der Waals surface area (Å²) < 4.78 is 0. The minimum atomic E-state index is 0.370. The van der Waals surface area contributed by atoms with Crippen LogP contribution in [0.4, 0.5) is 0 Å². The zero-order valence-corrected chi connectivity index (χ0v) is 10.3. The molecule has 2 rings (SSSR count). The van der Waals surface area contributed by atoms with Crippen molar-refractivity contribution in [1.82, 2.24) is 9.88 Å². The fourth-order valence-electron chi connectivity index (χ4n) is 1.86. The van der Waals surface area contributed by atoms with E-state index in [9.17, 15) is 0 Å². The number of nitrogens with two attached hydrogens (primary N) is 1. The number of thiazole rings is 1. The Bertz CT molecular complexity index is 321. The molecule has 0 aliphatic carbocycles. The summed E-state index contributed by atoms with van der Waals surface area (Å²) in [4.78, 5) is 8.24. The van der Waals surface area contributed by atoms with Gasteiger partial charge in [-0.15, -0.1) is 11.3 Å². The maximum absolute atomic E-state index is 5.87. The predicted molar refractivity (Wildman–Crippen MR) is 64.1 cm³/mol. The first kappa shape index (κ1) is 11.0. The maximum Gasteiger partial charge on any atom is 0.107 e. The van der Waals surface area contributed by atoms with Crippen LogP contribution in [0.3, 0.4) is 0 Å². The van der Waals surface area contributed by atoms with E-state index in [1.54, 1.807) is 0 Å². The first-order valence-electron chi connectivity index (χ1n) is 5.57. The largest absolute Gasteiger partial charge is 0.326 e. The van der Waals surface area contributed by atoms with Crippen molar-refractivity contribution in [2.75, 3.05) is 13.1 Å². The zero-order chi connectivity index (χ0) is 10.8. The Morgan fingerprint density at radius 2 is 2.47 bits per heavy atom. The summed E-state index contributed by atoms with van der Waals surface area (Å²) in [6.45, 7) is 7.55. The lowest BCUT2D eigenvalue weighted by Crippen LogP contribution is -2.26. The third kappa shape index (κ3) is 2.77. The molecule has 1 saturated heterocycles. The van der Waals surface area contributed by atoms with Crippen LogP contribution < -0.4 is 5.73 Å². The van der Waals surface area contributed by atoms with E-state index >= 15 is 0 Å². The van der Waals surface area contributed by atoms with Gasteiger partial charge in [0.05, 0.1) is 6.54 Å². The molecule has 1 atom stereocenters. The highest BCUT2D eigenvalue weighted by atomic mass is 32.1. The van der Waals surface area contributed by atoms with Gasteiger partial charge in [-0.05, 0) is 12.3 Å². The highest BCUT2D eigenvalue weighted by Gasteiger charge is 2.20. The van der Waals surface area contributed by atoms with Crippen molar-refractivity contribution in [3.05, 3.63) is 16.1 Å². The van der Waals surface area contributed by atoms with Crippen LogP contribution in [0.5, 0.6) is 0 Å². The van der Waals surface area contributed by atoms with Gasteiger partial charge in [-0.3, -0.25) is 4.90 Å². The molecule has 0 radical (unpaired) electrons. The Balaban J connectivity index is 1.93. The fraction of sp³-hybridized carbons (Fsp3) is 0.727. The Morgan fingerprint density at radius 3 is 3.00 bits per heavy atom. The normalized spacial score (nSPS) is 22.8. The monoisotopic (exact) mass is 225 g/mol. The lowest BCUT2D eigenvalue weighted by atomic mass is 10.2. The molecule has 0 spiro atoms. The number of aromatic nitrogens is 1. The van der Waals surface area contributed by atoms with Crippen LogP contribution in [0.2, 0.25) is 0 Å². The zero-order valence-electron chi connectivity index (χ0n) is 9.44. The van der Waals surface area contributed by atoms with E-state index in [0.29, 0.717) is 12.0 Å². The van der Waals surface area contributed by atoms with Gasteiger partial charge in [0.2, 0.25) is 0 Å². The first-order chi connectivity index (χ1) is 7.15. The molecule has 1 aromatic heterocycles. The third-order valence-electron chi connectivity index (χ3n) is 2.81. The molecule has 0 bridgehead atoms. The van der Waals surface area contributed by atoms with Gasteiger partial charge in [0.1, 0.15) is 5.01 Å². The van der Waals surface area contributed by atoms with Crippen molar-refractivity contribution in [3.8, 4) is 0 Å². The highest BCUT2D eigenvalue weighted by Crippen LogP contribution is 2.23. The van der Waals surface area contributed by atoms with Gasteiger partial charge in [-0.2, -0.15) is 0 Å². The van der Waals surface area contributed by atoms with Crippen molar-refractivity contribution in [2.24, 2.45) is 5.73 Å². The van der Waals surface area contributed by atoms with Gasteiger partial charge in [-0.25, -0.2) is 4.98 Å². The smallest absolute Gasteiger partial charge is 0.107 e. The Labute approximate surface area is 95.3 Å². The predicted octanol–water partition coefficient (Wildman–Crippen LogP) is 1.80. The second-order valence-corrected chi connectivity index (χ2v) is 5.74. The van der Waals surface area contributed by atoms with Crippen LogP contribution in [0.15, 0.2) is 6.20 Å². The van der Waals surface area contributed by atoms with Crippen molar-refractivity contribution in [1.29, 1.82) is 0 Å². The summed E-state index contributed by atoms with van der Waals surface area (Å²) in [6.07, 6.45) is 3.14.